The maximum atomic E-state index is 11.6. The van der Waals surface area contributed by atoms with E-state index in [0.717, 1.165) is 11.1 Å². The van der Waals surface area contributed by atoms with E-state index in [2.05, 4.69) is 5.32 Å². The lowest BCUT2D eigenvalue weighted by atomic mass is 10.1. The van der Waals surface area contributed by atoms with Gasteiger partial charge in [-0.2, -0.15) is 0 Å². The Bertz CT molecular complexity index is 652. The molecule has 0 radical (unpaired) electrons. The second kappa shape index (κ2) is 5.30. The molecule has 0 fully saturated rings. The fourth-order valence-corrected chi connectivity index (χ4v) is 1.93. The summed E-state index contributed by atoms with van der Waals surface area (Å²) in [5.74, 6) is 0.00403. The number of amides is 1. The molecule has 0 aliphatic heterocycles. The normalized spacial score (nSPS) is 11.2. The van der Waals surface area contributed by atoms with Crippen LogP contribution in [0, 0.1) is 5.92 Å². The van der Waals surface area contributed by atoms with Crippen molar-refractivity contribution >= 4 is 17.0 Å². The first-order valence-corrected chi connectivity index (χ1v) is 6.32. The Morgan fingerprint density at radius 3 is 2.84 bits per heavy atom. The van der Waals surface area contributed by atoms with Gasteiger partial charge in [0.25, 0.3) is 0 Å². The number of rotatable bonds is 4. The molecule has 19 heavy (non-hydrogen) atoms. The van der Waals surface area contributed by atoms with Crippen LogP contribution in [-0.4, -0.2) is 10.5 Å². The number of hydrogen-bond acceptors (Lipinski definition) is 3. The smallest absolute Gasteiger partial charge is 0.408 e. The molecule has 0 unspecified atom stereocenters. The molecule has 1 N–H and O–H groups in total. The van der Waals surface area contributed by atoms with Crippen molar-refractivity contribution in [3.05, 3.63) is 34.3 Å². The molecule has 0 bridgehead atoms. The SMILES string of the molecule is CC(C)CC(=O)NCc1ccc2oc(=O)n(C)c2c1. The summed E-state index contributed by atoms with van der Waals surface area (Å²) in [6, 6.07) is 5.46. The highest BCUT2D eigenvalue weighted by Crippen LogP contribution is 2.14. The first kappa shape index (κ1) is 13.4. The molecule has 5 nitrogen and oxygen atoms in total. The molecule has 2 aromatic rings. The summed E-state index contributed by atoms with van der Waals surface area (Å²) in [5, 5.41) is 2.86. The first-order valence-electron chi connectivity index (χ1n) is 6.32. The number of hydrogen-bond donors (Lipinski definition) is 1. The molecule has 5 heteroatoms. The third kappa shape index (κ3) is 3.05. The van der Waals surface area contributed by atoms with E-state index in [-0.39, 0.29) is 11.7 Å². The van der Waals surface area contributed by atoms with Crippen LogP contribution in [-0.2, 0) is 18.4 Å². The van der Waals surface area contributed by atoms with E-state index in [1.165, 1.54) is 4.57 Å². The van der Waals surface area contributed by atoms with Crippen molar-refractivity contribution in [2.24, 2.45) is 13.0 Å². The Morgan fingerprint density at radius 1 is 1.42 bits per heavy atom. The van der Waals surface area contributed by atoms with Crippen LogP contribution < -0.4 is 11.1 Å². The van der Waals surface area contributed by atoms with Gasteiger partial charge in [0.1, 0.15) is 0 Å². The molecule has 1 aromatic carbocycles. The maximum Gasteiger partial charge on any atom is 0.419 e. The number of oxazole rings is 1. The number of benzene rings is 1. The summed E-state index contributed by atoms with van der Waals surface area (Å²) in [4.78, 5) is 22.9. The lowest BCUT2D eigenvalue weighted by molar-refractivity contribution is -0.121. The average Bonchev–Trinajstić information content (AvgIpc) is 2.62. The molecule has 0 saturated heterocycles. The predicted molar refractivity (Wildman–Crippen MR) is 72.8 cm³/mol. The van der Waals surface area contributed by atoms with Gasteiger partial charge in [-0.25, -0.2) is 4.79 Å². The van der Waals surface area contributed by atoms with Gasteiger partial charge in [0.05, 0.1) is 5.52 Å². The van der Waals surface area contributed by atoms with Gasteiger partial charge in [-0.1, -0.05) is 19.9 Å². The van der Waals surface area contributed by atoms with Gasteiger partial charge in [-0.05, 0) is 23.6 Å². The summed E-state index contributed by atoms with van der Waals surface area (Å²) in [5.41, 5.74) is 2.24. The molecule has 1 heterocycles. The van der Waals surface area contributed by atoms with E-state index in [0.29, 0.717) is 24.5 Å². The first-order chi connectivity index (χ1) is 8.97. The van der Waals surface area contributed by atoms with Crippen LogP contribution in [0.3, 0.4) is 0 Å². The summed E-state index contributed by atoms with van der Waals surface area (Å²) >= 11 is 0. The predicted octanol–water partition coefficient (Wildman–Crippen LogP) is 1.79. The largest absolute Gasteiger partial charge is 0.419 e. The molecule has 1 aromatic heterocycles. The molecule has 2 rings (SSSR count). The summed E-state index contributed by atoms with van der Waals surface area (Å²) in [6.45, 7) is 4.47. The third-order valence-electron chi connectivity index (χ3n) is 2.94. The quantitative estimate of drug-likeness (QED) is 0.913. The summed E-state index contributed by atoms with van der Waals surface area (Å²) in [7, 11) is 1.66. The molecule has 0 spiro atoms. The third-order valence-corrected chi connectivity index (χ3v) is 2.94. The van der Waals surface area contributed by atoms with Gasteiger partial charge < -0.3 is 9.73 Å². The fraction of sp³-hybridized carbons (Fsp3) is 0.429. The number of aryl methyl sites for hydroxylation is 1. The molecular formula is C14H18N2O3. The molecule has 102 valence electrons. The number of nitrogens with one attached hydrogen (secondary N) is 1. The van der Waals surface area contributed by atoms with Crippen LogP contribution in [0.2, 0.25) is 0 Å². The highest BCUT2D eigenvalue weighted by Gasteiger charge is 2.08. The maximum absolute atomic E-state index is 11.6. The van der Waals surface area contributed by atoms with Gasteiger partial charge in [0.15, 0.2) is 5.58 Å². The molecule has 0 aliphatic carbocycles. The zero-order valence-electron chi connectivity index (χ0n) is 11.4. The van der Waals surface area contributed by atoms with E-state index < -0.39 is 0 Å². The van der Waals surface area contributed by atoms with Crippen molar-refractivity contribution in [2.75, 3.05) is 0 Å². The van der Waals surface area contributed by atoms with Crippen molar-refractivity contribution in [3.63, 3.8) is 0 Å². The van der Waals surface area contributed by atoms with E-state index >= 15 is 0 Å². The minimum Gasteiger partial charge on any atom is -0.408 e. The zero-order chi connectivity index (χ0) is 14.0. The van der Waals surface area contributed by atoms with Crippen molar-refractivity contribution in [3.8, 4) is 0 Å². The lowest BCUT2D eigenvalue weighted by Gasteiger charge is -2.07. The monoisotopic (exact) mass is 262 g/mol. The van der Waals surface area contributed by atoms with Crippen molar-refractivity contribution in [1.82, 2.24) is 9.88 Å². The average molecular weight is 262 g/mol. The minimum atomic E-state index is -0.379. The molecular weight excluding hydrogens is 244 g/mol. The van der Waals surface area contributed by atoms with Crippen LogP contribution in [0.1, 0.15) is 25.8 Å². The Hall–Kier alpha value is -2.04. The molecule has 0 aliphatic rings. The topological polar surface area (TPSA) is 64.2 Å². The highest BCUT2D eigenvalue weighted by atomic mass is 16.4. The van der Waals surface area contributed by atoms with Crippen LogP contribution in [0.25, 0.3) is 11.1 Å². The number of carbonyl (C=O) groups is 1. The Morgan fingerprint density at radius 2 is 2.16 bits per heavy atom. The van der Waals surface area contributed by atoms with Gasteiger partial charge in [-0.15, -0.1) is 0 Å². The van der Waals surface area contributed by atoms with E-state index in [1.807, 2.05) is 26.0 Å². The number of fused-ring (bicyclic) bond motifs is 1. The highest BCUT2D eigenvalue weighted by molar-refractivity contribution is 5.77. The number of carbonyl (C=O) groups excluding carboxylic acids is 1. The second-order valence-electron chi connectivity index (χ2n) is 5.10. The van der Waals surface area contributed by atoms with Gasteiger partial charge in [0, 0.05) is 20.0 Å². The van der Waals surface area contributed by atoms with Gasteiger partial charge >= 0.3 is 5.76 Å². The standard InChI is InChI=1S/C14H18N2O3/c1-9(2)6-13(17)15-8-10-4-5-12-11(7-10)16(3)14(18)19-12/h4-5,7,9H,6,8H2,1-3H3,(H,15,17). The van der Waals surface area contributed by atoms with E-state index in [1.54, 1.807) is 13.1 Å². The minimum absolute atomic E-state index is 0.0381. The van der Waals surface area contributed by atoms with Gasteiger partial charge in [0.2, 0.25) is 5.91 Å². The lowest BCUT2D eigenvalue weighted by Crippen LogP contribution is -2.23. The number of aromatic nitrogens is 1. The molecule has 0 atom stereocenters. The van der Waals surface area contributed by atoms with Crippen molar-refractivity contribution < 1.29 is 9.21 Å². The molecule has 0 saturated carbocycles. The summed E-state index contributed by atoms with van der Waals surface area (Å²) < 4.78 is 6.51. The Kier molecular flexibility index (Phi) is 3.74. The van der Waals surface area contributed by atoms with Gasteiger partial charge in [-0.3, -0.25) is 9.36 Å². The second-order valence-corrected chi connectivity index (χ2v) is 5.10. The van der Waals surface area contributed by atoms with Crippen LogP contribution in [0.15, 0.2) is 27.4 Å². The molecule has 1 amide bonds. The zero-order valence-corrected chi connectivity index (χ0v) is 11.4. The van der Waals surface area contributed by atoms with Crippen LogP contribution >= 0.6 is 0 Å². The van der Waals surface area contributed by atoms with E-state index in [4.69, 9.17) is 4.42 Å². The Balaban J connectivity index is 2.11. The Labute approximate surface area is 111 Å². The van der Waals surface area contributed by atoms with Crippen molar-refractivity contribution in [1.29, 1.82) is 0 Å². The summed E-state index contributed by atoms with van der Waals surface area (Å²) in [6.07, 6.45) is 0.520. The van der Waals surface area contributed by atoms with Crippen LogP contribution in [0.4, 0.5) is 0 Å². The van der Waals surface area contributed by atoms with Crippen LogP contribution in [0.5, 0.6) is 0 Å². The van der Waals surface area contributed by atoms with Crippen molar-refractivity contribution in [2.45, 2.75) is 26.8 Å². The fourth-order valence-electron chi connectivity index (χ4n) is 1.93. The number of nitrogens with zero attached hydrogens (tertiary/aromatic N) is 1. The van der Waals surface area contributed by atoms with E-state index in [9.17, 15) is 9.59 Å².